The molecule has 0 aromatic heterocycles. The summed E-state index contributed by atoms with van der Waals surface area (Å²) in [6, 6.07) is 0. The Labute approximate surface area is 80.7 Å². The fourth-order valence-corrected chi connectivity index (χ4v) is 1.24. The fraction of sp³-hybridized carbons (Fsp3) is 0.333. The van der Waals surface area contributed by atoms with Crippen molar-refractivity contribution in [2.75, 3.05) is 0 Å². The number of allylic oxidation sites excluding steroid dienone is 6. The van der Waals surface area contributed by atoms with Gasteiger partial charge in [0.05, 0.1) is 0 Å². The van der Waals surface area contributed by atoms with Crippen molar-refractivity contribution in [2.24, 2.45) is 0 Å². The molecule has 1 nitrogen and oxygen atoms in total. The second kappa shape index (κ2) is 4.13. The highest BCUT2D eigenvalue weighted by atomic mass is 15.1. The lowest BCUT2D eigenvalue weighted by atomic mass is 10.2. The summed E-state index contributed by atoms with van der Waals surface area (Å²) < 4.78 is 0. The zero-order valence-corrected chi connectivity index (χ0v) is 8.83. The van der Waals surface area contributed by atoms with Crippen LogP contribution in [0, 0.1) is 0 Å². The maximum atomic E-state index is 2.20. The normalized spacial score (nSPS) is 18.2. The lowest BCUT2D eigenvalue weighted by molar-refractivity contribution is 0.579. The van der Waals surface area contributed by atoms with E-state index in [4.69, 9.17) is 0 Å². The van der Waals surface area contributed by atoms with Gasteiger partial charge in [0.15, 0.2) is 0 Å². The van der Waals surface area contributed by atoms with Gasteiger partial charge in [0, 0.05) is 17.6 Å². The van der Waals surface area contributed by atoms with Gasteiger partial charge in [0.1, 0.15) is 0 Å². The Morgan fingerprint density at radius 1 is 1.23 bits per heavy atom. The summed E-state index contributed by atoms with van der Waals surface area (Å²) in [4.78, 5) is 2.20. The second-order valence-corrected chi connectivity index (χ2v) is 3.37. The van der Waals surface area contributed by atoms with Crippen LogP contribution in [0.15, 0.2) is 47.5 Å². The molecule has 0 spiro atoms. The zero-order chi connectivity index (χ0) is 9.84. The van der Waals surface area contributed by atoms with Gasteiger partial charge in [-0.25, -0.2) is 0 Å². The summed E-state index contributed by atoms with van der Waals surface area (Å²) in [5, 5.41) is 0. The third-order valence-electron chi connectivity index (χ3n) is 2.27. The van der Waals surface area contributed by atoms with Crippen LogP contribution in [0.5, 0.6) is 0 Å². The van der Waals surface area contributed by atoms with Gasteiger partial charge in [-0.15, -0.1) is 0 Å². The van der Waals surface area contributed by atoms with E-state index in [2.05, 4.69) is 63.1 Å². The predicted molar refractivity (Wildman–Crippen MR) is 57.9 cm³/mol. The third-order valence-corrected chi connectivity index (χ3v) is 2.27. The van der Waals surface area contributed by atoms with Crippen molar-refractivity contribution >= 4 is 0 Å². The van der Waals surface area contributed by atoms with Gasteiger partial charge in [-0.05, 0) is 39.8 Å². The first kappa shape index (κ1) is 9.85. The van der Waals surface area contributed by atoms with E-state index < -0.39 is 0 Å². The summed E-state index contributed by atoms with van der Waals surface area (Å²) >= 11 is 0. The Morgan fingerprint density at radius 2 is 1.92 bits per heavy atom. The van der Waals surface area contributed by atoms with Crippen molar-refractivity contribution in [3.8, 4) is 0 Å². The zero-order valence-electron chi connectivity index (χ0n) is 8.83. The number of hydrogen-bond acceptors (Lipinski definition) is 1. The molecule has 70 valence electrons. The van der Waals surface area contributed by atoms with E-state index in [1.165, 1.54) is 17.0 Å². The SMILES string of the molecule is C/C=C1/C=CC=CN1C(C)=C(C)C. The average Bonchev–Trinajstić information content (AvgIpc) is 2.16. The Bertz CT molecular complexity index is 297. The summed E-state index contributed by atoms with van der Waals surface area (Å²) in [6.45, 7) is 8.47. The molecule has 0 fully saturated rings. The van der Waals surface area contributed by atoms with E-state index in [0.29, 0.717) is 0 Å². The van der Waals surface area contributed by atoms with Crippen molar-refractivity contribution in [2.45, 2.75) is 27.7 Å². The first-order valence-corrected chi connectivity index (χ1v) is 4.61. The van der Waals surface area contributed by atoms with Gasteiger partial charge < -0.3 is 4.90 Å². The quantitative estimate of drug-likeness (QED) is 0.588. The molecule has 0 amide bonds. The van der Waals surface area contributed by atoms with Gasteiger partial charge in [-0.3, -0.25) is 0 Å². The van der Waals surface area contributed by atoms with Crippen LogP contribution in [0.3, 0.4) is 0 Å². The Kier molecular flexibility index (Phi) is 3.13. The first-order valence-electron chi connectivity index (χ1n) is 4.61. The van der Waals surface area contributed by atoms with E-state index in [1.807, 2.05) is 0 Å². The highest BCUT2D eigenvalue weighted by molar-refractivity contribution is 5.32. The predicted octanol–water partition coefficient (Wildman–Crippen LogP) is 3.59. The van der Waals surface area contributed by atoms with Crippen LogP contribution >= 0.6 is 0 Å². The van der Waals surface area contributed by atoms with Crippen molar-refractivity contribution in [1.29, 1.82) is 0 Å². The van der Waals surface area contributed by atoms with Crippen LogP contribution in [0.25, 0.3) is 0 Å². The minimum Gasteiger partial charge on any atom is -0.322 e. The monoisotopic (exact) mass is 175 g/mol. The molecule has 0 bridgehead atoms. The molecule has 0 saturated heterocycles. The maximum absolute atomic E-state index is 2.20. The Hall–Kier alpha value is -1.24. The van der Waals surface area contributed by atoms with Crippen molar-refractivity contribution in [3.05, 3.63) is 47.5 Å². The molecule has 0 aromatic rings. The van der Waals surface area contributed by atoms with Crippen LogP contribution in [-0.4, -0.2) is 4.90 Å². The molecule has 0 aliphatic carbocycles. The third kappa shape index (κ3) is 2.11. The molecule has 1 heteroatoms. The van der Waals surface area contributed by atoms with Gasteiger partial charge in [-0.2, -0.15) is 0 Å². The van der Waals surface area contributed by atoms with E-state index in [1.54, 1.807) is 0 Å². The molecule has 1 rings (SSSR count). The van der Waals surface area contributed by atoms with E-state index in [-0.39, 0.29) is 0 Å². The maximum Gasteiger partial charge on any atom is 0.0409 e. The number of nitrogens with zero attached hydrogens (tertiary/aromatic N) is 1. The highest BCUT2D eigenvalue weighted by Gasteiger charge is 2.07. The summed E-state index contributed by atoms with van der Waals surface area (Å²) in [5.41, 5.74) is 3.88. The first-order chi connectivity index (χ1) is 6.16. The lowest BCUT2D eigenvalue weighted by Crippen LogP contribution is -2.15. The van der Waals surface area contributed by atoms with E-state index in [9.17, 15) is 0 Å². The molecule has 1 aliphatic heterocycles. The van der Waals surface area contributed by atoms with Crippen LogP contribution in [0.2, 0.25) is 0 Å². The van der Waals surface area contributed by atoms with Crippen molar-refractivity contribution < 1.29 is 0 Å². The van der Waals surface area contributed by atoms with Gasteiger partial charge in [-0.1, -0.05) is 17.7 Å². The largest absolute Gasteiger partial charge is 0.322 e. The summed E-state index contributed by atoms with van der Waals surface area (Å²) in [6.07, 6.45) is 10.4. The van der Waals surface area contributed by atoms with Crippen molar-refractivity contribution in [3.63, 3.8) is 0 Å². The molecule has 13 heavy (non-hydrogen) atoms. The molecule has 0 saturated carbocycles. The minimum absolute atomic E-state index is 1.24. The molecular weight excluding hydrogens is 158 g/mol. The van der Waals surface area contributed by atoms with E-state index in [0.717, 1.165) is 0 Å². The van der Waals surface area contributed by atoms with Crippen LogP contribution in [0.4, 0.5) is 0 Å². The van der Waals surface area contributed by atoms with Gasteiger partial charge >= 0.3 is 0 Å². The van der Waals surface area contributed by atoms with Crippen LogP contribution < -0.4 is 0 Å². The highest BCUT2D eigenvalue weighted by Crippen LogP contribution is 2.20. The smallest absolute Gasteiger partial charge is 0.0409 e. The average molecular weight is 175 g/mol. The van der Waals surface area contributed by atoms with Crippen molar-refractivity contribution in [1.82, 2.24) is 4.90 Å². The molecule has 0 aromatic carbocycles. The number of rotatable bonds is 1. The molecule has 1 aliphatic rings. The molecule has 0 N–H and O–H groups in total. The van der Waals surface area contributed by atoms with Crippen LogP contribution in [-0.2, 0) is 0 Å². The molecule has 0 atom stereocenters. The fourth-order valence-electron chi connectivity index (χ4n) is 1.24. The molecule has 0 radical (unpaired) electrons. The Balaban J connectivity index is 2.99. The van der Waals surface area contributed by atoms with Crippen LogP contribution in [0.1, 0.15) is 27.7 Å². The number of hydrogen-bond donors (Lipinski definition) is 0. The minimum atomic E-state index is 1.24. The van der Waals surface area contributed by atoms with Gasteiger partial charge in [0.25, 0.3) is 0 Å². The van der Waals surface area contributed by atoms with E-state index >= 15 is 0 Å². The second-order valence-electron chi connectivity index (χ2n) is 3.37. The Morgan fingerprint density at radius 3 is 2.46 bits per heavy atom. The topological polar surface area (TPSA) is 3.24 Å². The van der Waals surface area contributed by atoms with Gasteiger partial charge in [0.2, 0.25) is 0 Å². The lowest BCUT2D eigenvalue weighted by Gasteiger charge is -2.25. The summed E-state index contributed by atoms with van der Waals surface area (Å²) in [5.74, 6) is 0. The molecular formula is C12H17N. The standard InChI is InChI=1S/C12H17N/c1-5-12-8-6-7-9-13(12)11(4)10(2)3/h5-9H,1-4H3/b12-5-. The molecule has 1 heterocycles. The molecule has 0 unspecified atom stereocenters. The summed E-state index contributed by atoms with van der Waals surface area (Å²) in [7, 11) is 0.